The molecule has 0 aromatic carbocycles. The maximum Gasteiger partial charge on any atom is 0.111 e. The third-order valence-electron chi connectivity index (χ3n) is 9.33. The quantitative estimate of drug-likeness (QED) is 0.0828. The van der Waals surface area contributed by atoms with E-state index in [4.69, 9.17) is 4.98 Å². The van der Waals surface area contributed by atoms with Crippen molar-refractivity contribution >= 4 is 0 Å². The second-order valence-electron chi connectivity index (χ2n) is 13.2. The Balaban J connectivity index is 2.21. The van der Waals surface area contributed by atoms with Crippen molar-refractivity contribution in [3.63, 3.8) is 0 Å². The summed E-state index contributed by atoms with van der Waals surface area (Å²) in [6, 6.07) is 0.590. The van der Waals surface area contributed by atoms with E-state index >= 15 is 0 Å². The predicted molar refractivity (Wildman–Crippen MR) is 181 cm³/mol. The van der Waals surface area contributed by atoms with Crippen LogP contribution in [0.15, 0.2) is 12.4 Å². The molecule has 0 aliphatic heterocycles. The maximum atomic E-state index is 4.94. The van der Waals surface area contributed by atoms with Crippen molar-refractivity contribution in [3.8, 4) is 0 Å². The summed E-state index contributed by atoms with van der Waals surface area (Å²) in [7, 11) is 0. The summed E-state index contributed by atoms with van der Waals surface area (Å²) in [6.45, 7) is 9.38. The smallest absolute Gasteiger partial charge is 0.111 e. The molecule has 0 spiro atoms. The monoisotopic (exact) mass is 559 g/mol. The van der Waals surface area contributed by atoms with E-state index < -0.39 is 0 Å². The standard InChI is InChI=1S/C38H74N2/c1-5-8-11-13-15-17-19-20-21-22-24-26-28-30-33-37(32-10-7-3)38-39-34-35-40(38)36(4)31-29-27-25-23-18-16-14-12-9-6-2/h34-37H,5-33H2,1-4H3. The van der Waals surface area contributed by atoms with Crippen LogP contribution in [0, 0.1) is 0 Å². The van der Waals surface area contributed by atoms with E-state index in [-0.39, 0.29) is 0 Å². The van der Waals surface area contributed by atoms with Gasteiger partial charge in [-0.1, -0.05) is 188 Å². The molecule has 1 heterocycles. The molecule has 1 rings (SSSR count). The van der Waals surface area contributed by atoms with Gasteiger partial charge in [-0.2, -0.15) is 0 Å². The Bertz CT molecular complexity index is 621. The molecule has 0 aliphatic rings. The molecule has 2 atom stereocenters. The van der Waals surface area contributed by atoms with Crippen LogP contribution in [0.4, 0.5) is 0 Å². The molecular formula is C38H74N2. The topological polar surface area (TPSA) is 17.8 Å². The zero-order chi connectivity index (χ0) is 28.9. The minimum Gasteiger partial charge on any atom is -0.332 e. The number of imidazole rings is 1. The Morgan fingerprint density at radius 1 is 0.475 bits per heavy atom. The van der Waals surface area contributed by atoms with Crippen LogP contribution in [-0.2, 0) is 0 Å². The van der Waals surface area contributed by atoms with Crippen LogP contribution in [0.3, 0.4) is 0 Å². The molecule has 2 heteroatoms. The van der Waals surface area contributed by atoms with E-state index in [1.807, 2.05) is 0 Å². The van der Waals surface area contributed by atoms with Gasteiger partial charge in [0.05, 0.1) is 0 Å². The largest absolute Gasteiger partial charge is 0.332 e. The fourth-order valence-electron chi connectivity index (χ4n) is 6.52. The molecular weight excluding hydrogens is 484 g/mol. The number of nitrogens with zero attached hydrogens (tertiary/aromatic N) is 2. The summed E-state index contributed by atoms with van der Waals surface area (Å²) in [5.74, 6) is 2.05. The molecule has 236 valence electrons. The number of unbranched alkanes of at least 4 members (excludes halogenated alkanes) is 23. The first-order valence-corrected chi connectivity index (χ1v) is 18.8. The Labute approximate surface area is 253 Å². The van der Waals surface area contributed by atoms with E-state index in [0.717, 1.165) is 0 Å². The fourth-order valence-corrected chi connectivity index (χ4v) is 6.52. The van der Waals surface area contributed by atoms with Crippen molar-refractivity contribution in [2.75, 3.05) is 0 Å². The predicted octanol–water partition coefficient (Wildman–Crippen LogP) is 13.9. The molecule has 1 aromatic rings. The van der Waals surface area contributed by atoms with Crippen molar-refractivity contribution < 1.29 is 0 Å². The lowest BCUT2D eigenvalue weighted by Gasteiger charge is -2.22. The van der Waals surface area contributed by atoms with Crippen molar-refractivity contribution in [2.45, 2.75) is 226 Å². The van der Waals surface area contributed by atoms with Crippen molar-refractivity contribution in [2.24, 2.45) is 0 Å². The third-order valence-corrected chi connectivity index (χ3v) is 9.33. The van der Waals surface area contributed by atoms with Crippen LogP contribution in [0.2, 0.25) is 0 Å². The molecule has 40 heavy (non-hydrogen) atoms. The minimum atomic E-state index is 0.590. The van der Waals surface area contributed by atoms with E-state index in [0.29, 0.717) is 12.0 Å². The lowest BCUT2D eigenvalue weighted by molar-refractivity contribution is 0.415. The fraction of sp³-hybridized carbons (Fsp3) is 0.921. The van der Waals surface area contributed by atoms with Gasteiger partial charge in [0, 0.05) is 24.4 Å². The number of aromatic nitrogens is 2. The van der Waals surface area contributed by atoms with Gasteiger partial charge < -0.3 is 4.57 Å². The highest BCUT2D eigenvalue weighted by molar-refractivity contribution is 5.02. The molecule has 2 unspecified atom stereocenters. The van der Waals surface area contributed by atoms with Gasteiger partial charge in [0.25, 0.3) is 0 Å². The van der Waals surface area contributed by atoms with Gasteiger partial charge in [-0.05, 0) is 26.2 Å². The first-order chi connectivity index (χ1) is 19.7. The van der Waals surface area contributed by atoms with Gasteiger partial charge in [0.2, 0.25) is 0 Å². The van der Waals surface area contributed by atoms with Crippen LogP contribution >= 0.6 is 0 Å². The first kappa shape index (κ1) is 37.2. The lowest BCUT2D eigenvalue weighted by atomic mass is 9.93. The van der Waals surface area contributed by atoms with Crippen LogP contribution < -0.4 is 0 Å². The summed E-state index contributed by atoms with van der Waals surface area (Å²) < 4.78 is 2.55. The summed E-state index contributed by atoms with van der Waals surface area (Å²) in [6.07, 6.45) is 45.3. The highest BCUT2D eigenvalue weighted by atomic mass is 15.1. The van der Waals surface area contributed by atoms with Gasteiger partial charge in [0.1, 0.15) is 5.82 Å². The van der Waals surface area contributed by atoms with Gasteiger partial charge in [-0.3, -0.25) is 0 Å². The molecule has 0 fully saturated rings. The molecule has 2 nitrogen and oxygen atoms in total. The molecule has 0 aliphatic carbocycles. The van der Waals surface area contributed by atoms with E-state index in [1.165, 1.54) is 192 Å². The Morgan fingerprint density at radius 2 is 0.825 bits per heavy atom. The SMILES string of the molecule is CCCCCCCCCCCCCCCCC(CCCC)c1nccn1C(C)CCCCCCCCCCCC. The van der Waals surface area contributed by atoms with Crippen molar-refractivity contribution in [1.82, 2.24) is 9.55 Å². The van der Waals surface area contributed by atoms with E-state index in [2.05, 4.69) is 44.7 Å². The van der Waals surface area contributed by atoms with Crippen LogP contribution in [0.25, 0.3) is 0 Å². The molecule has 0 saturated heterocycles. The summed E-state index contributed by atoms with van der Waals surface area (Å²) in [4.78, 5) is 4.94. The average molecular weight is 559 g/mol. The average Bonchev–Trinajstić information content (AvgIpc) is 3.46. The highest BCUT2D eigenvalue weighted by Crippen LogP contribution is 2.30. The first-order valence-electron chi connectivity index (χ1n) is 18.8. The summed E-state index contributed by atoms with van der Waals surface area (Å²) in [5.41, 5.74) is 0. The Hall–Kier alpha value is -0.790. The maximum absolute atomic E-state index is 4.94. The van der Waals surface area contributed by atoms with Crippen molar-refractivity contribution in [3.05, 3.63) is 18.2 Å². The normalized spacial score (nSPS) is 13.2. The number of hydrogen-bond donors (Lipinski definition) is 0. The zero-order valence-electron chi connectivity index (χ0n) is 28.2. The van der Waals surface area contributed by atoms with Gasteiger partial charge in [-0.15, -0.1) is 0 Å². The second-order valence-corrected chi connectivity index (χ2v) is 13.2. The Morgan fingerprint density at radius 3 is 1.25 bits per heavy atom. The zero-order valence-corrected chi connectivity index (χ0v) is 28.2. The number of rotatable bonds is 31. The molecule has 0 amide bonds. The molecule has 0 radical (unpaired) electrons. The van der Waals surface area contributed by atoms with Crippen LogP contribution in [0.5, 0.6) is 0 Å². The van der Waals surface area contributed by atoms with Crippen LogP contribution in [0.1, 0.15) is 232 Å². The second kappa shape index (κ2) is 28.3. The third kappa shape index (κ3) is 20.1. The summed E-state index contributed by atoms with van der Waals surface area (Å²) >= 11 is 0. The molecule has 0 bridgehead atoms. The number of hydrogen-bond acceptors (Lipinski definition) is 1. The molecule has 1 aromatic heterocycles. The highest BCUT2D eigenvalue weighted by Gasteiger charge is 2.19. The van der Waals surface area contributed by atoms with Gasteiger partial charge in [0.15, 0.2) is 0 Å². The van der Waals surface area contributed by atoms with Crippen LogP contribution in [-0.4, -0.2) is 9.55 Å². The Kier molecular flexibility index (Phi) is 26.4. The van der Waals surface area contributed by atoms with E-state index in [9.17, 15) is 0 Å². The lowest BCUT2D eigenvalue weighted by Crippen LogP contribution is -2.13. The van der Waals surface area contributed by atoms with Crippen molar-refractivity contribution in [1.29, 1.82) is 0 Å². The molecule has 0 saturated carbocycles. The van der Waals surface area contributed by atoms with Gasteiger partial charge in [-0.25, -0.2) is 4.98 Å². The van der Waals surface area contributed by atoms with Gasteiger partial charge >= 0.3 is 0 Å². The van der Waals surface area contributed by atoms with E-state index in [1.54, 1.807) is 0 Å². The molecule has 0 N–H and O–H groups in total. The minimum absolute atomic E-state index is 0.590. The summed E-state index contributed by atoms with van der Waals surface area (Å²) in [5, 5.41) is 0.